The quantitative estimate of drug-likeness (QED) is 0.776. The summed E-state index contributed by atoms with van der Waals surface area (Å²) in [5, 5.41) is 0. The molecule has 0 atom stereocenters. The Hall–Kier alpha value is -0.850. The molecular formula is C14H18ClFO4S. The van der Waals surface area contributed by atoms with E-state index in [1.54, 1.807) is 6.07 Å². The van der Waals surface area contributed by atoms with E-state index in [9.17, 15) is 12.8 Å². The molecule has 1 aromatic carbocycles. The average Bonchev–Trinajstić information content (AvgIpc) is 2.39. The molecule has 0 saturated carbocycles. The van der Waals surface area contributed by atoms with Crippen LogP contribution >= 0.6 is 10.7 Å². The lowest BCUT2D eigenvalue weighted by Gasteiger charge is -2.35. The molecule has 1 aliphatic heterocycles. The third-order valence-corrected chi connectivity index (χ3v) is 5.00. The molecule has 0 bridgehead atoms. The first-order chi connectivity index (χ1) is 9.80. The van der Waals surface area contributed by atoms with Gasteiger partial charge in [-0.2, -0.15) is 0 Å². The fraction of sp³-hybridized carbons (Fsp3) is 0.571. The van der Waals surface area contributed by atoms with Gasteiger partial charge in [-0.15, -0.1) is 0 Å². The molecule has 1 heterocycles. The molecule has 4 nitrogen and oxygen atoms in total. The zero-order chi connectivity index (χ0) is 15.5. The smallest absolute Gasteiger partial charge is 0.233 e. The van der Waals surface area contributed by atoms with Crippen LogP contribution in [0.2, 0.25) is 0 Å². The molecule has 0 radical (unpaired) electrons. The van der Waals surface area contributed by atoms with Gasteiger partial charge in [-0.1, -0.05) is 6.07 Å². The van der Waals surface area contributed by atoms with Gasteiger partial charge in [0.15, 0.2) is 0 Å². The first kappa shape index (κ1) is 16.5. The van der Waals surface area contributed by atoms with Gasteiger partial charge in [0.2, 0.25) is 9.05 Å². The molecule has 0 spiro atoms. The highest BCUT2D eigenvalue weighted by Gasteiger charge is 2.37. The van der Waals surface area contributed by atoms with E-state index in [0.717, 1.165) is 5.56 Å². The number of aryl methyl sites for hydroxylation is 1. The van der Waals surface area contributed by atoms with Crippen LogP contribution in [0.1, 0.15) is 18.4 Å². The van der Waals surface area contributed by atoms with Crippen molar-refractivity contribution in [3.8, 4) is 5.75 Å². The van der Waals surface area contributed by atoms with E-state index in [1.807, 2.05) is 6.92 Å². The number of hydrogen-bond acceptors (Lipinski definition) is 4. The lowest BCUT2D eigenvalue weighted by Crippen LogP contribution is -2.40. The number of halogens is 2. The van der Waals surface area contributed by atoms with Gasteiger partial charge >= 0.3 is 0 Å². The molecule has 0 amide bonds. The van der Waals surface area contributed by atoms with Crippen molar-refractivity contribution in [1.82, 2.24) is 0 Å². The molecule has 7 heteroatoms. The fourth-order valence-corrected chi connectivity index (χ4v) is 4.26. The summed E-state index contributed by atoms with van der Waals surface area (Å²) < 4.78 is 47.1. The standard InChI is InChI=1S/C14H18ClFO4S/c1-11-2-3-12(16)8-13(11)20-9-14(10-21(15,17)18)4-6-19-7-5-14/h2-3,8H,4-7,9-10H2,1H3. The van der Waals surface area contributed by atoms with Crippen LogP contribution in [-0.2, 0) is 13.8 Å². The van der Waals surface area contributed by atoms with Crippen LogP contribution in [0, 0.1) is 18.2 Å². The van der Waals surface area contributed by atoms with Gasteiger partial charge in [0, 0.05) is 35.4 Å². The Morgan fingerprint density at radius 2 is 2.05 bits per heavy atom. The normalized spacial score (nSPS) is 18.4. The van der Waals surface area contributed by atoms with E-state index in [-0.39, 0.29) is 18.2 Å². The van der Waals surface area contributed by atoms with E-state index in [2.05, 4.69) is 0 Å². The third kappa shape index (κ3) is 4.83. The van der Waals surface area contributed by atoms with E-state index in [4.69, 9.17) is 20.2 Å². The van der Waals surface area contributed by atoms with Gasteiger partial charge in [0.05, 0.1) is 12.4 Å². The first-order valence-corrected chi connectivity index (χ1v) is 9.17. The van der Waals surface area contributed by atoms with Crippen LogP contribution in [0.15, 0.2) is 18.2 Å². The average molecular weight is 337 g/mol. The molecule has 0 aliphatic carbocycles. The van der Waals surface area contributed by atoms with E-state index >= 15 is 0 Å². The molecule has 0 aromatic heterocycles. The van der Waals surface area contributed by atoms with Crippen molar-refractivity contribution in [3.05, 3.63) is 29.6 Å². The summed E-state index contributed by atoms with van der Waals surface area (Å²) in [7, 11) is 1.77. The molecule has 1 aliphatic rings. The van der Waals surface area contributed by atoms with Crippen molar-refractivity contribution in [3.63, 3.8) is 0 Å². The van der Waals surface area contributed by atoms with E-state index < -0.39 is 14.5 Å². The highest BCUT2D eigenvalue weighted by Crippen LogP contribution is 2.34. The van der Waals surface area contributed by atoms with Crippen LogP contribution in [0.3, 0.4) is 0 Å². The van der Waals surface area contributed by atoms with Crippen molar-refractivity contribution >= 4 is 19.7 Å². The maximum Gasteiger partial charge on any atom is 0.233 e. The summed E-state index contributed by atoms with van der Waals surface area (Å²) in [6, 6.07) is 4.28. The van der Waals surface area contributed by atoms with Gasteiger partial charge in [0.25, 0.3) is 0 Å². The van der Waals surface area contributed by atoms with Gasteiger partial charge in [0.1, 0.15) is 11.6 Å². The minimum atomic E-state index is -3.64. The van der Waals surface area contributed by atoms with E-state index in [0.29, 0.717) is 31.8 Å². The minimum absolute atomic E-state index is 0.167. The molecule has 21 heavy (non-hydrogen) atoms. The Labute approximate surface area is 128 Å². The van der Waals surface area contributed by atoms with Gasteiger partial charge in [-0.3, -0.25) is 0 Å². The third-order valence-electron chi connectivity index (χ3n) is 3.72. The Balaban J connectivity index is 2.14. The van der Waals surface area contributed by atoms with Gasteiger partial charge < -0.3 is 9.47 Å². The van der Waals surface area contributed by atoms with Crippen molar-refractivity contribution in [2.75, 3.05) is 25.6 Å². The monoisotopic (exact) mass is 336 g/mol. The largest absolute Gasteiger partial charge is 0.493 e. The summed E-state index contributed by atoms with van der Waals surface area (Å²) in [4.78, 5) is 0. The summed E-state index contributed by atoms with van der Waals surface area (Å²) in [5.41, 5.74) is 0.213. The SMILES string of the molecule is Cc1ccc(F)cc1OCC1(CS(=O)(=O)Cl)CCOCC1. The second-order valence-electron chi connectivity index (χ2n) is 5.49. The summed E-state index contributed by atoms with van der Waals surface area (Å²) in [6.45, 7) is 2.92. The molecular weight excluding hydrogens is 319 g/mol. The maximum atomic E-state index is 13.3. The molecule has 0 N–H and O–H groups in total. The number of ether oxygens (including phenoxy) is 2. The van der Waals surface area contributed by atoms with Crippen LogP contribution in [-0.4, -0.2) is 34.0 Å². The molecule has 0 unspecified atom stereocenters. The highest BCUT2D eigenvalue weighted by molar-refractivity contribution is 8.13. The number of rotatable bonds is 5. The number of hydrogen-bond donors (Lipinski definition) is 0. The highest BCUT2D eigenvalue weighted by atomic mass is 35.7. The summed E-state index contributed by atoms with van der Waals surface area (Å²) in [5.74, 6) is -0.131. The Morgan fingerprint density at radius 3 is 2.67 bits per heavy atom. The van der Waals surface area contributed by atoms with Crippen molar-refractivity contribution in [2.45, 2.75) is 19.8 Å². The molecule has 1 aromatic rings. The number of benzene rings is 1. The van der Waals surface area contributed by atoms with Crippen molar-refractivity contribution < 1.29 is 22.3 Å². The van der Waals surface area contributed by atoms with Crippen molar-refractivity contribution in [1.29, 1.82) is 0 Å². The van der Waals surface area contributed by atoms with E-state index in [1.165, 1.54) is 12.1 Å². The summed E-state index contributed by atoms with van der Waals surface area (Å²) in [6.07, 6.45) is 1.10. The molecule has 118 valence electrons. The lowest BCUT2D eigenvalue weighted by molar-refractivity contribution is 0.00211. The van der Waals surface area contributed by atoms with Crippen LogP contribution in [0.5, 0.6) is 5.75 Å². The molecule has 1 saturated heterocycles. The Morgan fingerprint density at radius 1 is 1.38 bits per heavy atom. The Bertz CT molecular complexity index is 597. The van der Waals surface area contributed by atoms with Crippen LogP contribution in [0.4, 0.5) is 4.39 Å². The molecule has 1 fully saturated rings. The zero-order valence-corrected chi connectivity index (χ0v) is 13.3. The van der Waals surface area contributed by atoms with Gasteiger partial charge in [-0.05, 0) is 31.4 Å². The molecule has 2 rings (SSSR count). The Kier molecular flexibility index (Phi) is 5.11. The predicted molar refractivity (Wildman–Crippen MR) is 78.8 cm³/mol. The first-order valence-electron chi connectivity index (χ1n) is 6.69. The predicted octanol–water partition coefficient (Wildman–Crippen LogP) is 2.88. The van der Waals surface area contributed by atoms with Crippen molar-refractivity contribution in [2.24, 2.45) is 5.41 Å². The summed E-state index contributed by atoms with van der Waals surface area (Å²) >= 11 is 0. The second-order valence-corrected chi connectivity index (χ2v) is 8.27. The fourth-order valence-electron chi connectivity index (χ4n) is 2.46. The minimum Gasteiger partial charge on any atom is -0.493 e. The van der Waals surface area contributed by atoms with Gasteiger partial charge in [-0.25, -0.2) is 12.8 Å². The van der Waals surface area contributed by atoms with Crippen LogP contribution < -0.4 is 4.74 Å². The van der Waals surface area contributed by atoms with Crippen LogP contribution in [0.25, 0.3) is 0 Å². The lowest BCUT2D eigenvalue weighted by atomic mass is 9.83. The maximum absolute atomic E-state index is 13.3. The second kappa shape index (κ2) is 6.50. The topological polar surface area (TPSA) is 52.6 Å². The zero-order valence-electron chi connectivity index (χ0n) is 11.8.